The minimum atomic E-state index is 0.509. The summed E-state index contributed by atoms with van der Waals surface area (Å²) in [7, 11) is 0. The molecular weight excluding hydrogens is 136 g/mol. The molecule has 2 heteroatoms. The van der Waals surface area contributed by atoms with Crippen molar-refractivity contribution in [3.8, 4) is 0 Å². The van der Waals surface area contributed by atoms with Crippen molar-refractivity contribution in [2.45, 2.75) is 18.4 Å². The van der Waals surface area contributed by atoms with Gasteiger partial charge in [-0.05, 0) is 18.2 Å². The van der Waals surface area contributed by atoms with Gasteiger partial charge in [0.15, 0.2) is 0 Å². The van der Waals surface area contributed by atoms with Crippen molar-refractivity contribution in [2.24, 2.45) is 5.92 Å². The molecule has 0 aromatic heterocycles. The molecule has 0 unspecified atom stereocenters. The van der Waals surface area contributed by atoms with E-state index in [0.29, 0.717) is 10.5 Å². The number of thiol groups is 1. The van der Waals surface area contributed by atoms with Crippen LogP contribution in [0, 0.1) is 5.92 Å². The molecule has 0 spiro atoms. The summed E-state index contributed by atoms with van der Waals surface area (Å²) in [6.07, 6.45) is 0. The average molecular weight is 146 g/mol. The molecule has 2 atom stereocenters. The van der Waals surface area contributed by atoms with Crippen LogP contribution in [0.2, 0.25) is 0 Å². The predicted octanol–water partition coefficient (Wildman–Crippen LogP) is 2.53. The Morgan fingerprint density at radius 2 is 2.38 bits per heavy atom. The molecule has 0 nitrogen and oxygen atoms in total. The van der Waals surface area contributed by atoms with Crippen molar-refractivity contribution in [1.29, 1.82) is 0 Å². The van der Waals surface area contributed by atoms with Crippen LogP contribution < -0.4 is 0 Å². The van der Waals surface area contributed by atoms with Gasteiger partial charge in [-0.1, -0.05) is 12.5 Å². The third-order valence-corrected chi connectivity index (χ3v) is 3.55. The van der Waals surface area contributed by atoms with Gasteiger partial charge in [-0.2, -0.15) is 12.6 Å². The Hall–Kier alpha value is 0.440. The van der Waals surface area contributed by atoms with E-state index in [2.05, 4.69) is 31.9 Å². The zero-order chi connectivity index (χ0) is 6.15. The summed E-state index contributed by atoms with van der Waals surface area (Å²) >= 11 is 6.17. The molecule has 0 radical (unpaired) electrons. The summed E-state index contributed by atoms with van der Waals surface area (Å²) in [6.45, 7) is 4.37. The third kappa shape index (κ3) is 1.06. The van der Waals surface area contributed by atoms with Gasteiger partial charge < -0.3 is 0 Å². The normalized spacial score (nSPS) is 37.6. The van der Waals surface area contributed by atoms with Crippen LogP contribution in [0.25, 0.3) is 0 Å². The minimum Gasteiger partial charge on any atom is -0.164 e. The van der Waals surface area contributed by atoms with Crippen molar-refractivity contribution in [2.75, 3.05) is 0 Å². The minimum absolute atomic E-state index is 0.509. The number of hydrogen-bond donors (Lipinski definition) is 1. The first-order chi connectivity index (χ1) is 3.72. The zero-order valence-corrected chi connectivity index (χ0v) is 6.80. The zero-order valence-electron chi connectivity index (χ0n) is 5.09. The van der Waals surface area contributed by atoms with Gasteiger partial charge >= 0.3 is 0 Å². The first kappa shape index (κ1) is 6.56. The van der Waals surface area contributed by atoms with Crippen LogP contribution in [0.1, 0.15) is 13.8 Å². The molecule has 0 saturated heterocycles. The highest BCUT2D eigenvalue weighted by molar-refractivity contribution is 8.12. The number of rotatable bonds is 0. The molecule has 1 heterocycles. The van der Waals surface area contributed by atoms with Crippen LogP contribution in [-0.2, 0) is 0 Å². The van der Waals surface area contributed by atoms with E-state index in [0.717, 1.165) is 0 Å². The molecule has 0 fully saturated rings. The van der Waals surface area contributed by atoms with Crippen LogP contribution >= 0.6 is 24.4 Å². The van der Waals surface area contributed by atoms with E-state index in [1.54, 1.807) is 0 Å². The first-order valence-corrected chi connectivity index (χ1v) is 4.18. The fourth-order valence-corrected chi connectivity index (χ4v) is 2.06. The van der Waals surface area contributed by atoms with E-state index >= 15 is 0 Å². The lowest BCUT2D eigenvalue weighted by molar-refractivity contribution is 0.771. The van der Waals surface area contributed by atoms with E-state index in [4.69, 9.17) is 0 Å². The molecule has 0 aromatic carbocycles. The van der Waals surface area contributed by atoms with Gasteiger partial charge in [0, 0.05) is 0 Å². The van der Waals surface area contributed by atoms with Gasteiger partial charge in [-0.15, -0.1) is 11.8 Å². The Kier molecular flexibility index (Phi) is 1.93. The molecule has 46 valence electrons. The van der Waals surface area contributed by atoms with E-state index in [1.165, 1.54) is 5.57 Å². The number of hydrogen-bond acceptors (Lipinski definition) is 2. The average Bonchev–Trinajstić information content (AvgIpc) is 1.98. The second kappa shape index (κ2) is 2.36. The molecule has 0 aromatic rings. The standard InChI is InChI=1S/C6H10S2/c1-4-3-8-6(7)5(4)2/h3,5-7H,1-2H3/t5-,6-/m0/s1. The Bertz CT molecular complexity index is 118. The monoisotopic (exact) mass is 146 g/mol. The van der Waals surface area contributed by atoms with Crippen LogP contribution in [0.15, 0.2) is 11.0 Å². The SMILES string of the molecule is CC1=CS[C@H](S)[C@H]1C. The first-order valence-electron chi connectivity index (χ1n) is 2.72. The predicted molar refractivity (Wildman–Crippen MR) is 43.3 cm³/mol. The Labute approximate surface area is 60.1 Å². The fourth-order valence-electron chi connectivity index (χ4n) is 0.627. The van der Waals surface area contributed by atoms with E-state index < -0.39 is 0 Å². The van der Waals surface area contributed by atoms with Gasteiger partial charge in [0.1, 0.15) is 0 Å². The van der Waals surface area contributed by atoms with Gasteiger partial charge in [0.2, 0.25) is 0 Å². The van der Waals surface area contributed by atoms with Crippen molar-refractivity contribution in [3.63, 3.8) is 0 Å². The Balaban J connectivity index is 2.59. The highest BCUT2D eigenvalue weighted by Gasteiger charge is 2.19. The third-order valence-electron chi connectivity index (χ3n) is 1.54. The van der Waals surface area contributed by atoms with Gasteiger partial charge in [0.25, 0.3) is 0 Å². The summed E-state index contributed by atoms with van der Waals surface area (Å²) in [6, 6.07) is 0. The van der Waals surface area contributed by atoms with E-state index in [1.807, 2.05) is 11.8 Å². The lowest BCUT2D eigenvalue weighted by atomic mass is 10.1. The fraction of sp³-hybridized carbons (Fsp3) is 0.667. The van der Waals surface area contributed by atoms with Crippen LogP contribution in [0.4, 0.5) is 0 Å². The van der Waals surface area contributed by atoms with Crippen molar-refractivity contribution in [3.05, 3.63) is 11.0 Å². The number of allylic oxidation sites excluding steroid dienone is 1. The van der Waals surface area contributed by atoms with Crippen LogP contribution in [0.5, 0.6) is 0 Å². The van der Waals surface area contributed by atoms with E-state index in [-0.39, 0.29) is 0 Å². The van der Waals surface area contributed by atoms with E-state index in [9.17, 15) is 0 Å². The largest absolute Gasteiger partial charge is 0.164 e. The Morgan fingerprint density at radius 3 is 2.50 bits per heavy atom. The van der Waals surface area contributed by atoms with Crippen molar-refractivity contribution in [1.82, 2.24) is 0 Å². The maximum absolute atomic E-state index is 4.36. The highest BCUT2D eigenvalue weighted by Crippen LogP contribution is 2.36. The summed E-state index contributed by atoms with van der Waals surface area (Å²) in [5.41, 5.74) is 1.47. The molecule has 0 amide bonds. The van der Waals surface area contributed by atoms with Crippen LogP contribution in [-0.4, -0.2) is 4.58 Å². The second-order valence-electron chi connectivity index (χ2n) is 2.18. The molecular formula is C6H10S2. The molecule has 0 saturated carbocycles. The van der Waals surface area contributed by atoms with Gasteiger partial charge in [-0.25, -0.2) is 0 Å². The molecule has 1 rings (SSSR count). The Morgan fingerprint density at radius 1 is 1.75 bits per heavy atom. The molecule has 0 aliphatic carbocycles. The van der Waals surface area contributed by atoms with Gasteiger partial charge in [-0.3, -0.25) is 0 Å². The molecule has 1 aliphatic rings. The maximum Gasteiger partial charge on any atom is 0.0576 e. The molecule has 0 bridgehead atoms. The lowest BCUT2D eigenvalue weighted by Gasteiger charge is -2.07. The lowest BCUT2D eigenvalue weighted by Crippen LogP contribution is -2.01. The smallest absolute Gasteiger partial charge is 0.0576 e. The second-order valence-corrected chi connectivity index (χ2v) is 4.10. The van der Waals surface area contributed by atoms with Crippen molar-refractivity contribution < 1.29 is 0 Å². The van der Waals surface area contributed by atoms with Crippen molar-refractivity contribution >= 4 is 24.4 Å². The summed E-state index contributed by atoms with van der Waals surface area (Å²) in [5, 5.41) is 2.20. The molecule has 0 N–H and O–H groups in total. The maximum atomic E-state index is 4.36. The molecule has 8 heavy (non-hydrogen) atoms. The molecule has 1 aliphatic heterocycles. The van der Waals surface area contributed by atoms with Crippen LogP contribution in [0.3, 0.4) is 0 Å². The quantitative estimate of drug-likeness (QED) is 0.512. The highest BCUT2D eigenvalue weighted by atomic mass is 32.2. The number of thioether (sulfide) groups is 1. The van der Waals surface area contributed by atoms with Gasteiger partial charge in [0.05, 0.1) is 4.58 Å². The topological polar surface area (TPSA) is 0 Å². The summed E-state index contributed by atoms with van der Waals surface area (Å²) in [4.78, 5) is 0. The summed E-state index contributed by atoms with van der Waals surface area (Å²) in [5.74, 6) is 0.670. The summed E-state index contributed by atoms with van der Waals surface area (Å²) < 4.78 is 0.509.